The Balaban J connectivity index is 1.62. The van der Waals surface area contributed by atoms with Gasteiger partial charge in [-0.3, -0.25) is 9.83 Å². The Bertz CT molecular complexity index is 1060. The summed E-state index contributed by atoms with van der Waals surface area (Å²) in [5, 5.41) is 2.88. The van der Waals surface area contributed by atoms with Gasteiger partial charge in [-0.2, -0.15) is 5.48 Å². The predicted molar refractivity (Wildman–Crippen MR) is 147 cm³/mol. The van der Waals surface area contributed by atoms with Crippen molar-refractivity contribution in [2.45, 2.75) is 116 Å². The smallest absolute Gasteiger partial charge is 0.431 e. The van der Waals surface area contributed by atoms with Gasteiger partial charge < -0.3 is 30.0 Å². The first kappa shape index (κ1) is 30.5. The third kappa shape index (κ3) is 8.99. The fourth-order valence-corrected chi connectivity index (χ4v) is 4.51. The number of benzene rings is 1. The summed E-state index contributed by atoms with van der Waals surface area (Å²) in [7, 11) is 1.64. The van der Waals surface area contributed by atoms with Crippen molar-refractivity contribution in [3.8, 4) is 5.75 Å². The Morgan fingerprint density at radius 3 is 2.36 bits per heavy atom. The first-order valence-corrected chi connectivity index (χ1v) is 13.4. The lowest BCUT2D eigenvalue weighted by Gasteiger charge is -2.34. The third-order valence-corrected chi connectivity index (χ3v) is 6.32. The molecule has 0 saturated heterocycles. The number of methoxy groups -OCH3 is 1. The van der Waals surface area contributed by atoms with E-state index in [0.717, 1.165) is 28.9 Å². The molecule has 11 heteroatoms. The van der Waals surface area contributed by atoms with E-state index in [-0.39, 0.29) is 18.2 Å². The summed E-state index contributed by atoms with van der Waals surface area (Å²) < 4.78 is 22.3. The van der Waals surface area contributed by atoms with E-state index in [1.54, 1.807) is 27.9 Å². The number of nitrogens with two attached hydrogens (primary N) is 1. The van der Waals surface area contributed by atoms with Gasteiger partial charge in [-0.1, -0.05) is 0 Å². The van der Waals surface area contributed by atoms with Crippen LogP contribution in [0.4, 0.5) is 9.59 Å². The molecular formula is C28H44N4O7. The van der Waals surface area contributed by atoms with E-state index < -0.39 is 29.5 Å². The molecule has 0 aromatic heterocycles. The molecule has 39 heavy (non-hydrogen) atoms. The number of alkyl carbamates (subject to hydrolysis) is 1. The van der Waals surface area contributed by atoms with Gasteiger partial charge in [0, 0.05) is 24.3 Å². The van der Waals surface area contributed by atoms with Gasteiger partial charge in [-0.05, 0) is 91.8 Å². The summed E-state index contributed by atoms with van der Waals surface area (Å²) in [5.74, 6) is 1.17. The highest BCUT2D eigenvalue weighted by molar-refractivity contribution is 5.99. The summed E-state index contributed by atoms with van der Waals surface area (Å²) in [6.07, 6.45) is 1.08. The second-order valence-corrected chi connectivity index (χ2v) is 12.1. The van der Waals surface area contributed by atoms with E-state index in [1.165, 1.54) is 0 Å². The molecule has 4 N–H and O–H groups in total. The first-order chi connectivity index (χ1) is 18.1. The molecule has 3 rings (SSSR count). The number of carbonyl (C=O) groups excluding carboxylic acids is 2. The molecule has 1 aromatic carbocycles. The number of hydroxylamine groups is 1. The monoisotopic (exact) mass is 548 g/mol. The van der Waals surface area contributed by atoms with Crippen LogP contribution in [-0.2, 0) is 32.1 Å². The van der Waals surface area contributed by atoms with Gasteiger partial charge in [0.05, 0.1) is 12.6 Å². The molecular weight excluding hydrogens is 504 g/mol. The average molecular weight is 549 g/mol. The number of hydrogen-bond acceptors (Lipinski definition) is 8. The van der Waals surface area contributed by atoms with E-state index in [0.29, 0.717) is 31.7 Å². The molecule has 1 heterocycles. The van der Waals surface area contributed by atoms with Crippen molar-refractivity contribution in [3.63, 3.8) is 0 Å². The van der Waals surface area contributed by atoms with Crippen molar-refractivity contribution in [1.82, 2.24) is 10.8 Å². The van der Waals surface area contributed by atoms with E-state index in [4.69, 9.17) is 34.5 Å². The number of carbonyl (C=O) groups is 2. The standard InChI is InChI=1S/C28H44N4O7/c1-16(39-32-26(34)38-28(5,6)7)22-11-9-19-21(15-35-8)20(10-12-23(19)36-22)24(29)30-17-13-18(14-17)31-25(33)37-27(2,3)4/h10,12,16-18,22H,9,11,13-15H2,1-8H3,(H2,29,30)(H,31,33)(H,32,34). The molecule has 1 fully saturated rings. The lowest BCUT2D eigenvalue weighted by atomic mass is 9.87. The zero-order valence-electron chi connectivity index (χ0n) is 24.4. The number of hydrogen-bond donors (Lipinski definition) is 3. The summed E-state index contributed by atoms with van der Waals surface area (Å²) in [6, 6.07) is 3.82. The number of ether oxygens (including phenoxy) is 4. The van der Waals surface area contributed by atoms with E-state index >= 15 is 0 Å². The van der Waals surface area contributed by atoms with Crippen LogP contribution < -0.4 is 21.3 Å². The summed E-state index contributed by atoms with van der Waals surface area (Å²) in [5.41, 5.74) is 10.4. The number of rotatable bonds is 8. The number of nitrogens with zero attached hydrogens (tertiary/aromatic N) is 1. The number of fused-ring (bicyclic) bond motifs is 1. The zero-order chi connectivity index (χ0) is 29.0. The van der Waals surface area contributed by atoms with Gasteiger partial charge in [0.2, 0.25) is 0 Å². The molecule has 2 atom stereocenters. The molecule has 0 spiro atoms. The molecule has 1 aliphatic carbocycles. The molecule has 11 nitrogen and oxygen atoms in total. The minimum Gasteiger partial charge on any atom is -0.487 e. The Kier molecular flexibility index (Phi) is 9.71. The Morgan fingerprint density at radius 1 is 1.10 bits per heavy atom. The highest BCUT2D eigenvalue weighted by Gasteiger charge is 2.33. The molecule has 1 saturated carbocycles. The maximum Gasteiger partial charge on any atom is 0.431 e. The molecule has 0 bridgehead atoms. The lowest BCUT2D eigenvalue weighted by molar-refractivity contribution is -0.0776. The maximum atomic E-state index is 12.0. The second kappa shape index (κ2) is 12.4. The van der Waals surface area contributed by atoms with Gasteiger partial charge in [0.1, 0.15) is 35.0 Å². The topological polar surface area (TPSA) is 143 Å². The number of nitrogens with one attached hydrogen (secondary N) is 2. The lowest BCUT2D eigenvalue weighted by Crippen LogP contribution is -2.48. The summed E-state index contributed by atoms with van der Waals surface area (Å²) in [4.78, 5) is 34.1. The Morgan fingerprint density at radius 2 is 1.74 bits per heavy atom. The highest BCUT2D eigenvalue weighted by Crippen LogP contribution is 2.34. The summed E-state index contributed by atoms with van der Waals surface area (Å²) >= 11 is 0. The van der Waals surface area contributed by atoms with Crippen LogP contribution in [0.15, 0.2) is 17.1 Å². The molecule has 2 amide bonds. The Hall–Kier alpha value is -3.05. The quantitative estimate of drug-likeness (QED) is 0.250. The molecule has 0 radical (unpaired) electrons. The first-order valence-electron chi connectivity index (χ1n) is 13.4. The van der Waals surface area contributed by atoms with Gasteiger partial charge in [0.25, 0.3) is 0 Å². The number of aliphatic imine (C=N–C) groups is 1. The average Bonchev–Trinajstić information content (AvgIpc) is 2.78. The minimum atomic E-state index is -0.647. The van der Waals surface area contributed by atoms with Crippen molar-refractivity contribution >= 4 is 18.0 Å². The Labute approximate surface area is 231 Å². The molecule has 218 valence electrons. The van der Waals surface area contributed by atoms with Crippen LogP contribution in [0.2, 0.25) is 0 Å². The van der Waals surface area contributed by atoms with Gasteiger partial charge >= 0.3 is 12.2 Å². The number of amidine groups is 1. The van der Waals surface area contributed by atoms with Crippen molar-refractivity contribution in [1.29, 1.82) is 0 Å². The minimum absolute atomic E-state index is 0.0164. The van der Waals surface area contributed by atoms with Crippen LogP contribution in [0.5, 0.6) is 5.75 Å². The fourth-order valence-electron chi connectivity index (χ4n) is 4.51. The molecule has 2 unspecified atom stereocenters. The van der Waals surface area contributed by atoms with Crippen LogP contribution >= 0.6 is 0 Å². The summed E-state index contributed by atoms with van der Waals surface area (Å²) in [6.45, 7) is 13.1. The van der Waals surface area contributed by atoms with Crippen LogP contribution in [0.25, 0.3) is 0 Å². The molecule has 1 aromatic rings. The van der Waals surface area contributed by atoms with Gasteiger partial charge in [-0.15, -0.1) is 0 Å². The van der Waals surface area contributed by atoms with Crippen LogP contribution in [0.1, 0.15) is 84.4 Å². The SMILES string of the molecule is COCc1c(C(N)=NC2CC(NC(=O)OC(C)(C)C)C2)ccc2c1CCC(C(C)ONC(=O)OC(C)(C)C)O2. The van der Waals surface area contributed by atoms with E-state index in [2.05, 4.69) is 10.8 Å². The van der Waals surface area contributed by atoms with E-state index in [1.807, 2.05) is 39.8 Å². The maximum absolute atomic E-state index is 12.0. The van der Waals surface area contributed by atoms with Crippen LogP contribution in [-0.4, -0.2) is 60.6 Å². The van der Waals surface area contributed by atoms with Gasteiger partial charge in [-0.25, -0.2) is 9.59 Å². The van der Waals surface area contributed by atoms with Crippen molar-refractivity contribution in [2.24, 2.45) is 10.7 Å². The van der Waals surface area contributed by atoms with Crippen LogP contribution in [0.3, 0.4) is 0 Å². The predicted octanol–water partition coefficient (Wildman–Crippen LogP) is 4.13. The van der Waals surface area contributed by atoms with Crippen molar-refractivity contribution < 1.29 is 33.4 Å². The van der Waals surface area contributed by atoms with Crippen molar-refractivity contribution in [3.05, 3.63) is 28.8 Å². The van der Waals surface area contributed by atoms with Crippen molar-refractivity contribution in [2.75, 3.05) is 7.11 Å². The fraction of sp³-hybridized carbons (Fsp3) is 0.679. The van der Waals surface area contributed by atoms with Gasteiger partial charge in [0.15, 0.2) is 0 Å². The third-order valence-electron chi connectivity index (χ3n) is 6.32. The molecule has 2 aliphatic rings. The van der Waals surface area contributed by atoms with Crippen LogP contribution in [0, 0.1) is 0 Å². The normalized spacial score (nSPS) is 22.1. The highest BCUT2D eigenvalue weighted by atomic mass is 16.7. The second-order valence-electron chi connectivity index (χ2n) is 12.1. The van der Waals surface area contributed by atoms with E-state index in [9.17, 15) is 9.59 Å². The number of amides is 2. The molecule has 1 aliphatic heterocycles. The largest absolute Gasteiger partial charge is 0.487 e. The zero-order valence-corrected chi connectivity index (χ0v) is 24.4.